The van der Waals surface area contributed by atoms with Crippen molar-refractivity contribution in [3.63, 3.8) is 0 Å². The number of amides is 2. The number of fused-ring (bicyclic) bond motifs is 3. The summed E-state index contributed by atoms with van der Waals surface area (Å²) >= 11 is 0. The molecule has 4 unspecified atom stereocenters. The van der Waals surface area contributed by atoms with E-state index < -0.39 is 41.5 Å². The van der Waals surface area contributed by atoms with Crippen molar-refractivity contribution in [3.8, 4) is 11.5 Å². The Morgan fingerprint density at radius 3 is 2.56 bits per heavy atom. The van der Waals surface area contributed by atoms with Crippen molar-refractivity contribution in [2.75, 3.05) is 11.5 Å². The molecule has 1 heterocycles. The zero-order chi connectivity index (χ0) is 29.2. The van der Waals surface area contributed by atoms with Crippen molar-refractivity contribution >= 4 is 35.0 Å². The molecule has 2 N–H and O–H groups in total. The fraction of sp³-hybridized carbons (Fsp3) is 0.281. The molecular weight excluding hydrogens is 526 g/mol. The normalized spacial score (nSPS) is 25.4. The van der Waals surface area contributed by atoms with E-state index >= 15 is 0 Å². The molecule has 2 amide bonds. The molecule has 0 spiro atoms. The van der Waals surface area contributed by atoms with Gasteiger partial charge < -0.3 is 14.9 Å². The number of carboxylic acid groups (broad SMARTS) is 1. The minimum absolute atomic E-state index is 0.0460. The van der Waals surface area contributed by atoms with Crippen molar-refractivity contribution in [1.82, 2.24) is 0 Å². The number of ether oxygens (including phenoxy) is 1. The van der Waals surface area contributed by atoms with Gasteiger partial charge in [-0.1, -0.05) is 23.8 Å². The van der Waals surface area contributed by atoms with Gasteiger partial charge in [0, 0.05) is 22.6 Å². The molecule has 4 atom stereocenters. The van der Waals surface area contributed by atoms with Crippen molar-refractivity contribution in [2.24, 2.45) is 17.8 Å². The van der Waals surface area contributed by atoms with E-state index in [2.05, 4.69) is 0 Å². The topological polar surface area (TPSA) is 138 Å². The number of nitrogens with zero attached hydrogens (tertiary/aromatic N) is 1. The van der Waals surface area contributed by atoms with Crippen LogP contribution in [0.3, 0.4) is 0 Å². The maximum Gasteiger partial charge on any atom is 0.335 e. The first-order valence-corrected chi connectivity index (χ1v) is 13.5. The summed E-state index contributed by atoms with van der Waals surface area (Å²) in [4.78, 5) is 67.0. The van der Waals surface area contributed by atoms with Crippen LogP contribution in [0.5, 0.6) is 11.5 Å². The number of benzene rings is 2. The Balaban J connectivity index is 1.47. The number of hydrogen-bond acceptors (Lipinski definition) is 7. The van der Waals surface area contributed by atoms with Gasteiger partial charge in [-0.3, -0.25) is 24.1 Å². The Bertz CT molecular complexity index is 1660. The number of anilines is 1. The molecule has 1 saturated heterocycles. The van der Waals surface area contributed by atoms with E-state index in [0.29, 0.717) is 28.9 Å². The summed E-state index contributed by atoms with van der Waals surface area (Å²) in [6.07, 6.45) is 3.63. The fourth-order valence-electron chi connectivity index (χ4n) is 6.78. The largest absolute Gasteiger partial charge is 0.504 e. The Morgan fingerprint density at radius 2 is 1.83 bits per heavy atom. The Kier molecular flexibility index (Phi) is 6.25. The number of phenolic OH excluding ortho intramolecular Hbond substituents is 1. The molecule has 0 bridgehead atoms. The molecular formula is C32H27NO8. The summed E-state index contributed by atoms with van der Waals surface area (Å²) in [7, 11) is 0. The third-order valence-corrected chi connectivity index (χ3v) is 8.53. The van der Waals surface area contributed by atoms with E-state index in [-0.39, 0.29) is 47.2 Å². The first-order valence-electron chi connectivity index (χ1n) is 13.5. The first-order chi connectivity index (χ1) is 19.6. The van der Waals surface area contributed by atoms with Crippen molar-refractivity contribution in [1.29, 1.82) is 0 Å². The molecule has 1 aliphatic heterocycles. The number of carbonyl (C=O) groups excluding carboxylic acids is 4. The number of allylic oxidation sites excluding steroid dienone is 6. The molecule has 2 aromatic rings. The minimum Gasteiger partial charge on any atom is -0.504 e. The SMILES string of the molecule is CCOc1cc(C2C3=CCC4C(=O)N(c5cccc(C(=O)O)c5)C(=O)C4C3CC3=C2C(=O)C=C(C)C3=O)ccc1O. The van der Waals surface area contributed by atoms with Crippen molar-refractivity contribution in [3.05, 3.63) is 88.0 Å². The third-order valence-electron chi connectivity index (χ3n) is 8.53. The third kappa shape index (κ3) is 4.03. The van der Waals surface area contributed by atoms with Gasteiger partial charge in [0.05, 0.1) is 29.7 Å². The van der Waals surface area contributed by atoms with Crippen LogP contribution in [0, 0.1) is 17.8 Å². The van der Waals surface area contributed by atoms with Crippen LogP contribution >= 0.6 is 0 Å². The number of carboxylic acids is 1. The monoisotopic (exact) mass is 553 g/mol. The average molecular weight is 554 g/mol. The van der Waals surface area contributed by atoms with Crippen LogP contribution in [0.1, 0.15) is 48.5 Å². The van der Waals surface area contributed by atoms with Gasteiger partial charge in [-0.2, -0.15) is 0 Å². The van der Waals surface area contributed by atoms with E-state index in [1.165, 1.54) is 36.4 Å². The molecule has 0 saturated carbocycles. The van der Waals surface area contributed by atoms with Gasteiger partial charge in [-0.25, -0.2) is 4.79 Å². The summed E-state index contributed by atoms with van der Waals surface area (Å²) in [5.74, 6) is -5.09. The number of carbonyl (C=O) groups is 5. The van der Waals surface area contributed by atoms with E-state index in [1.807, 2.05) is 6.08 Å². The highest BCUT2D eigenvalue weighted by atomic mass is 16.5. The van der Waals surface area contributed by atoms with Crippen molar-refractivity contribution in [2.45, 2.75) is 32.6 Å². The smallest absolute Gasteiger partial charge is 0.335 e. The molecule has 0 aromatic heterocycles. The molecule has 9 heteroatoms. The van der Waals surface area contributed by atoms with Gasteiger partial charge >= 0.3 is 5.97 Å². The lowest BCUT2D eigenvalue weighted by atomic mass is 9.59. The van der Waals surface area contributed by atoms with Crippen LogP contribution < -0.4 is 9.64 Å². The van der Waals surface area contributed by atoms with Gasteiger partial charge in [-0.05, 0) is 74.6 Å². The minimum atomic E-state index is -1.17. The van der Waals surface area contributed by atoms with Crippen LogP contribution in [-0.2, 0) is 19.2 Å². The van der Waals surface area contributed by atoms with E-state index in [9.17, 15) is 34.2 Å². The predicted molar refractivity (Wildman–Crippen MR) is 146 cm³/mol. The second-order valence-corrected chi connectivity index (χ2v) is 10.8. The first kappa shape index (κ1) is 26.4. The molecule has 1 fully saturated rings. The number of ketones is 2. The summed E-state index contributed by atoms with van der Waals surface area (Å²) in [6.45, 7) is 3.67. The lowest BCUT2D eigenvalue weighted by Crippen LogP contribution is -2.39. The van der Waals surface area contributed by atoms with Crippen LogP contribution in [0.2, 0.25) is 0 Å². The maximum atomic E-state index is 14.0. The standard InChI is InChI=1S/C32H27NO8/c1-3-41-25-13-16(7-10-23(25)34)26-19-8-9-20-27(21(19)14-22-28(26)24(35)11-15(2)29(22)36)31(38)33(30(20)37)18-6-4-5-17(12-18)32(39)40/h4-8,10-13,20-21,26-27,34H,3,9,14H2,1-2H3,(H,39,40). The average Bonchev–Trinajstić information content (AvgIpc) is 3.21. The van der Waals surface area contributed by atoms with E-state index in [0.717, 1.165) is 10.5 Å². The summed E-state index contributed by atoms with van der Waals surface area (Å²) in [6, 6.07) is 10.5. The summed E-state index contributed by atoms with van der Waals surface area (Å²) in [5, 5.41) is 19.8. The molecule has 41 heavy (non-hydrogen) atoms. The Labute approximate surface area is 235 Å². The highest BCUT2D eigenvalue weighted by molar-refractivity contribution is 6.25. The van der Waals surface area contributed by atoms with E-state index in [4.69, 9.17) is 4.74 Å². The van der Waals surface area contributed by atoms with Crippen molar-refractivity contribution < 1.29 is 38.9 Å². The molecule has 208 valence electrons. The molecule has 6 rings (SSSR count). The van der Waals surface area contributed by atoms with Gasteiger partial charge in [0.15, 0.2) is 23.1 Å². The number of phenols is 1. The number of aromatic carboxylic acids is 1. The van der Waals surface area contributed by atoms with Gasteiger partial charge in [-0.15, -0.1) is 0 Å². The number of rotatable bonds is 5. The Hall–Kier alpha value is -4.79. The maximum absolute atomic E-state index is 14.0. The zero-order valence-electron chi connectivity index (χ0n) is 22.4. The number of imide groups is 1. The summed E-state index contributed by atoms with van der Waals surface area (Å²) in [5.41, 5.74) is 2.53. The van der Waals surface area contributed by atoms with Crippen LogP contribution in [0.4, 0.5) is 5.69 Å². The number of hydrogen-bond donors (Lipinski definition) is 2. The summed E-state index contributed by atoms with van der Waals surface area (Å²) < 4.78 is 5.60. The molecule has 0 radical (unpaired) electrons. The lowest BCUT2D eigenvalue weighted by molar-refractivity contribution is -0.123. The van der Waals surface area contributed by atoms with Crippen LogP contribution in [0.25, 0.3) is 0 Å². The van der Waals surface area contributed by atoms with Crippen LogP contribution in [-0.4, -0.2) is 46.2 Å². The fourth-order valence-corrected chi connectivity index (χ4v) is 6.78. The van der Waals surface area contributed by atoms with Gasteiger partial charge in [0.25, 0.3) is 0 Å². The lowest BCUT2D eigenvalue weighted by Gasteiger charge is -2.42. The quantitative estimate of drug-likeness (QED) is 0.320. The number of aromatic hydroxyl groups is 1. The van der Waals surface area contributed by atoms with Crippen LogP contribution in [0.15, 0.2) is 76.9 Å². The van der Waals surface area contributed by atoms with Gasteiger partial charge in [0.1, 0.15) is 0 Å². The van der Waals surface area contributed by atoms with Gasteiger partial charge in [0.2, 0.25) is 11.8 Å². The number of Topliss-reactive ketones (excluding diaryl/α,β-unsaturated/α-hetero) is 1. The zero-order valence-corrected chi connectivity index (χ0v) is 22.4. The highest BCUT2D eigenvalue weighted by Gasteiger charge is 2.56. The second kappa shape index (κ2) is 9.69. The molecule has 9 nitrogen and oxygen atoms in total. The molecule has 3 aliphatic carbocycles. The predicted octanol–water partition coefficient (Wildman–Crippen LogP) is 4.12. The second-order valence-electron chi connectivity index (χ2n) is 10.8. The molecule has 4 aliphatic rings. The Morgan fingerprint density at radius 1 is 1.05 bits per heavy atom. The highest BCUT2D eigenvalue weighted by Crippen LogP contribution is 2.55. The molecule has 2 aromatic carbocycles. The van der Waals surface area contributed by atoms with E-state index in [1.54, 1.807) is 26.0 Å².